The molecular formula is CH2AlCaNO7. The average Bonchev–Trinajstić information content (AvgIpc) is 1.66. The quantitative estimate of drug-likeness (QED) is 0.262. The van der Waals surface area contributed by atoms with Gasteiger partial charge in [-0.2, -0.15) is 0 Å². The van der Waals surface area contributed by atoms with Crippen LogP contribution in [-0.2, 0) is 3.80 Å². The van der Waals surface area contributed by atoms with Gasteiger partial charge < -0.3 is 30.3 Å². The van der Waals surface area contributed by atoms with E-state index in [-0.39, 0.29) is 37.7 Å². The Morgan fingerprint density at radius 3 is 1.36 bits per heavy atom. The molecule has 0 radical (unpaired) electrons. The Morgan fingerprint density at radius 1 is 1.36 bits per heavy atom. The van der Waals surface area contributed by atoms with Crippen LogP contribution in [0.1, 0.15) is 0 Å². The molecule has 0 rings (SSSR count). The summed E-state index contributed by atoms with van der Waals surface area (Å²) >= 11 is 0.611. The van der Waals surface area contributed by atoms with Crippen molar-refractivity contribution in [2.75, 3.05) is 0 Å². The van der Waals surface area contributed by atoms with E-state index in [1.807, 2.05) is 0 Å². The maximum atomic E-state index is 8.44. The summed E-state index contributed by atoms with van der Waals surface area (Å²) in [5.41, 5.74) is 0. The first-order chi connectivity index (χ1) is 4.46. The molecule has 0 heterocycles. The first kappa shape index (κ1) is 22.5. The van der Waals surface area contributed by atoms with Crippen molar-refractivity contribution in [3.05, 3.63) is 15.3 Å². The monoisotopic (exact) mass is 207 g/mol. The number of carboxylic acid groups (broad SMARTS) is 2. The van der Waals surface area contributed by atoms with Gasteiger partial charge >= 0.3 is 57.8 Å². The summed E-state index contributed by atoms with van der Waals surface area (Å²) < 4.78 is 8.28. The van der Waals surface area contributed by atoms with Crippen LogP contribution >= 0.6 is 0 Å². The van der Waals surface area contributed by atoms with Gasteiger partial charge in [0, 0.05) is 0 Å². The molecule has 0 aromatic rings. The third-order valence-electron chi connectivity index (χ3n) is 0. The molecule has 0 aliphatic heterocycles. The molecule has 0 amide bonds. The van der Waals surface area contributed by atoms with E-state index < -0.39 is 11.2 Å². The minimum atomic E-state index is -2.08. The Kier molecular flexibility index (Phi) is 45.9. The summed E-state index contributed by atoms with van der Waals surface area (Å²) in [7, 11) is 0. The second kappa shape index (κ2) is 22.5. The predicted molar refractivity (Wildman–Crippen MR) is 32.0 cm³/mol. The maximum absolute atomic E-state index is 8.44. The molecule has 0 aliphatic carbocycles. The van der Waals surface area contributed by atoms with Crippen molar-refractivity contribution in [1.82, 2.24) is 0 Å². The van der Waals surface area contributed by atoms with E-state index in [2.05, 4.69) is 0 Å². The molecule has 0 saturated heterocycles. The summed E-state index contributed by atoms with van der Waals surface area (Å²) in [6.07, 6.45) is -2.08. The van der Waals surface area contributed by atoms with E-state index in [0.717, 1.165) is 0 Å². The van der Waals surface area contributed by atoms with Gasteiger partial charge in [0.25, 0.3) is 0 Å². The predicted octanol–water partition coefficient (Wildman–Crippen LogP) is -2.50. The first-order valence-electron chi connectivity index (χ1n) is 1.47. The zero-order valence-electron chi connectivity index (χ0n) is 5.26. The molecule has 0 aromatic carbocycles. The average molecular weight is 207 g/mol. The van der Waals surface area contributed by atoms with Gasteiger partial charge in [-0.05, 0) is 0 Å². The van der Waals surface area contributed by atoms with Crippen LogP contribution in [0.3, 0.4) is 0 Å². The zero-order valence-corrected chi connectivity index (χ0v) is 8.88. The molecule has 0 aromatic heterocycles. The van der Waals surface area contributed by atoms with E-state index in [9.17, 15) is 0 Å². The standard InChI is InChI=1S/CH2O3.Al.Ca.NO3.O.H/c2-1(3)4;;;2-1(3)4;;/h(H2,2,3,4);;;;;/q;;+2;-1;;/p-1. The summed E-state index contributed by atoms with van der Waals surface area (Å²) in [5.74, 6) is 0. The van der Waals surface area contributed by atoms with Gasteiger partial charge in [-0.25, -0.2) is 0 Å². The van der Waals surface area contributed by atoms with Gasteiger partial charge in [0.15, 0.2) is 0 Å². The fourth-order valence-corrected chi connectivity index (χ4v) is 0. The van der Waals surface area contributed by atoms with Crippen LogP contribution in [0, 0.1) is 15.3 Å². The van der Waals surface area contributed by atoms with Crippen LogP contribution in [0.25, 0.3) is 0 Å². The number of carbonyl (C=O) groups is 1. The van der Waals surface area contributed by atoms with Crippen molar-refractivity contribution in [3.8, 4) is 0 Å². The van der Waals surface area contributed by atoms with Crippen LogP contribution in [0.4, 0.5) is 4.79 Å². The Balaban J connectivity index is -0.0000000339. The van der Waals surface area contributed by atoms with Gasteiger partial charge in [0.2, 0.25) is 6.16 Å². The van der Waals surface area contributed by atoms with Crippen molar-refractivity contribution in [2.45, 2.75) is 0 Å². The molecule has 10 heteroatoms. The molecule has 8 nitrogen and oxygen atoms in total. The van der Waals surface area contributed by atoms with E-state index in [1.54, 1.807) is 0 Å². The molecule has 0 bridgehead atoms. The minimum absolute atomic E-state index is 0. The Labute approximate surface area is 98.6 Å². The normalized spacial score (nSPS) is 4.64. The number of hydrogen-bond acceptors (Lipinski definition) is 6. The number of nitrogens with zero attached hydrogens (tertiary/aromatic N) is 1. The van der Waals surface area contributed by atoms with E-state index in [0.29, 0.717) is 16.2 Å². The van der Waals surface area contributed by atoms with Gasteiger partial charge in [0.1, 0.15) is 0 Å². The molecular weight excluding hydrogens is 205 g/mol. The van der Waals surface area contributed by atoms with Gasteiger partial charge in [-0.15, -0.1) is 0 Å². The molecule has 0 atom stereocenters. The third kappa shape index (κ3) is 169000. The second-order valence-electron chi connectivity index (χ2n) is 0.490. The summed E-state index contributed by atoms with van der Waals surface area (Å²) in [4.78, 5) is 16.7. The van der Waals surface area contributed by atoms with Crippen molar-refractivity contribution in [1.29, 1.82) is 0 Å². The van der Waals surface area contributed by atoms with E-state index >= 15 is 0 Å². The van der Waals surface area contributed by atoms with E-state index in [1.165, 1.54) is 0 Å². The molecule has 0 fully saturated rings. The Bertz CT molecular complexity index is 86.6. The molecule has 58 valence electrons. The van der Waals surface area contributed by atoms with Gasteiger partial charge in [0.05, 0.1) is 5.09 Å². The summed E-state index contributed by atoms with van der Waals surface area (Å²) in [6, 6.07) is 0. The molecule has 0 aliphatic rings. The van der Waals surface area contributed by atoms with Gasteiger partial charge in [-0.3, -0.25) is 0 Å². The van der Waals surface area contributed by atoms with Crippen molar-refractivity contribution in [3.63, 3.8) is 0 Å². The molecule has 0 spiro atoms. The summed E-state index contributed by atoms with van der Waals surface area (Å²) in [5, 5.41) is 30.1. The number of rotatable bonds is 0. The van der Waals surface area contributed by atoms with Crippen LogP contribution in [0.15, 0.2) is 0 Å². The van der Waals surface area contributed by atoms with Gasteiger partial charge in [-0.1, -0.05) is 0 Å². The zero-order chi connectivity index (χ0) is 9.15. The van der Waals surface area contributed by atoms with Crippen LogP contribution in [0.5, 0.6) is 0 Å². The number of hydrogen-bond donors (Lipinski definition) is 1. The second-order valence-corrected chi connectivity index (χ2v) is 0.490. The van der Waals surface area contributed by atoms with E-state index in [4.69, 9.17) is 34.1 Å². The van der Waals surface area contributed by atoms with Crippen molar-refractivity contribution < 1.29 is 23.9 Å². The fourth-order valence-electron chi connectivity index (χ4n) is 0. The Hall–Kier alpha value is 0.0622. The van der Waals surface area contributed by atoms with Crippen LogP contribution in [0.2, 0.25) is 0 Å². The topological polar surface area (TPSA) is 144 Å². The molecule has 0 saturated carbocycles. The van der Waals surface area contributed by atoms with Crippen LogP contribution < -0.4 is 5.11 Å². The SMILES string of the molecule is O=C([O-])O.O=[N+]([O-])[O-].[Ca+2].[O]=[AlH]. The van der Waals surface area contributed by atoms with Crippen molar-refractivity contribution >= 4 is 60.1 Å². The Morgan fingerprint density at radius 2 is 1.36 bits per heavy atom. The molecule has 0 unspecified atom stereocenters. The van der Waals surface area contributed by atoms with Crippen molar-refractivity contribution in [2.24, 2.45) is 0 Å². The first-order valence-corrected chi connectivity index (χ1v) is 2.05. The third-order valence-corrected chi connectivity index (χ3v) is 0. The molecule has 11 heavy (non-hydrogen) atoms. The fraction of sp³-hybridized carbons (Fsp3) is 0. The molecule has 1 N–H and O–H groups in total. The summed E-state index contributed by atoms with van der Waals surface area (Å²) in [6.45, 7) is 0. The van der Waals surface area contributed by atoms with Crippen LogP contribution in [-0.4, -0.2) is 70.3 Å².